The number of furan rings is 1. The number of ether oxygens (including phenoxy) is 2. The van der Waals surface area contributed by atoms with Gasteiger partial charge in [-0.15, -0.1) is 0 Å². The first-order valence-electron chi connectivity index (χ1n) is 6.03. The van der Waals surface area contributed by atoms with Crippen molar-refractivity contribution in [2.24, 2.45) is 0 Å². The third-order valence-corrected chi connectivity index (χ3v) is 2.60. The van der Waals surface area contributed by atoms with Crippen LogP contribution in [0.1, 0.15) is 32.1 Å². The van der Waals surface area contributed by atoms with Gasteiger partial charge in [-0.25, -0.2) is 0 Å². The fourth-order valence-corrected chi connectivity index (χ4v) is 1.47. The van der Waals surface area contributed by atoms with Crippen molar-refractivity contribution in [1.82, 2.24) is 5.32 Å². The molecule has 1 N–H and O–H groups in total. The minimum absolute atomic E-state index is 0.122. The summed E-state index contributed by atoms with van der Waals surface area (Å²) in [5, 5.41) is 3.42. The molecule has 1 aromatic heterocycles. The molecule has 1 aliphatic rings. The summed E-state index contributed by atoms with van der Waals surface area (Å²) in [7, 11) is 0. The fraction of sp³-hybridized carbons (Fsp3) is 0.692. The lowest BCUT2D eigenvalue weighted by atomic mass is 10.1. The lowest BCUT2D eigenvalue weighted by Crippen LogP contribution is -2.35. The molecule has 17 heavy (non-hydrogen) atoms. The Morgan fingerprint density at radius 3 is 2.76 bits per heavy atom. The van der Waals surface area contributed by atoms with Crippen molar-refractivity contribution >= 4 is 0 Å². The van der Waals surface area contributed by atoms with Gasteiger partial charge in [0.05, 0.1) is 19.5 Å². The van der Waals surface area contributed by atoms with E-state index in [9.17, 15) is 0 Å². The van der Waals surface area contributed by atoms with Crippen LogP contribution in [0.5, 0.6) is 0 Å². The zero-order valence-corrected chi connectivity index (χ0v) is 10.8. The Kier molecular flexibility index (Phi) is 3.86. The summed E-state index contributed by atoms with van der Waals surface area (Å²) in [6, 6.07) is 2.04. The van der Waals surface area contributed by atoms with Crippen molar-refractivity contribution in [2.75, 3.05) is 13.2 Å². The Morgan fingerprint density at radius 2 is 2.18 bits per heavy atom. The standard InChI is InChI=1S/C13H21NO3/c1-13(2,3)14-5-10-4-11(16-6-10)9-17-12-7-15-8-12/h4,6,12,14H,5,7-9H2,1-3H3. The van der Waals surface area contributed by atoms with Crippen molar-refractivity contribution in [1.29, 1.82) is 0 Å². The van der Waals surface area contributed by atoms with Crippen LogP contribution in [-0.4, -0.2) is 24.9 Å². The second kappa shape index (κ2) is 5.21. The monoisotopic (exact) mass is 239 g/mol. The summed E-state index contributed by atoms with van der Waals surface area (Å²) in [6.45, 7) is 9.20. The zero-order valence-electron chi connectivity index (χ0n) is 10.8. The van der Waals surface area contributed by atoms with Crippen LogP contribution in [0.4, 0.5) is 0 Å². The van der Waals surface area contributed by atoms with Crippen molar-refractivity contribution < 1.29 is 13.9 Å². The lowest BCUT2D eigenvalue weighted by Gasteiger charge is -2.25. The van der Waals surface area contributed by atoms with E-state index >= 15 is 0 Å². The average Bonchev–Trinajstić information content (AvgIpc) is 2.59. The first kappa shape index (κ1) is 12.6. The van der Waals surface area contributed by atoms with Crippen molar-refractivity contribution in [2.45, 2.75) is 45.6 Å². The highest BCUT2D eigenvalue weighted by Crippen LogP contribution is 2.13. The van der Waals surface area contributed by atoms with E-state index in [-0.39, 0.29) is 11.6 Å². The van der Waals surface area contributed by atoms with E-state index in [2.05, 4.69) is 26.1 Å². The molecule has 0 aromatic carbocycles. The van der Waals surface area contributed by atoms with Crippen LogP contribution in [0, 0.1) is 0 Å². The summed E-state index contributed by atoms with van der Waals surface area (Å²) in [6.07, 6.45) is 2.03. The van der Waals surface area contributed by atoms with Crippen LogP contribution in [0.25, 0.3) is 0 Å². The number of hydrogen-bond donors (Lipinski definition) is 1. The van der Waals surface area contributed by atoms with Gasteiger partial charge in [-0.05, 0) is 26.8 Å². The molecule has 1 saturated heterocycles. The van der Waals surface area contributed by atoms with Crippen LogP contribution >= 0.6 is 0 Å². The Morgan fingerprint density at radius 1 is 1.41 bits per heavy atom. The molecular formula is C13H21NO3. The summed E-state index contributed by atoms with van der Waals surface area (Å²) in [5.41, 5.74) is 1.28. The first-order chi connectivity index (χ1) is 8.03. The minimum atomic E-state index is 0.122. The van der Waals surface area contributed by atoms with Gasteiger partial charge in [0.1, 0.15) is 18.5 Å². The topological polar surface area (TPSA) is 43.6 Å². The maximum atomic E-state index is 5.58. The molecule has 0 radical (unpaired) electrons. The molecule has 0 amide bonds. The van der Waals surface area contributed by atoms with Gasteiger partial charge in [0, 0.05) is 17.6 Å². The van der Waals surface area contributed by atoms with Crippen molar-refractivity contribution in [3.8, 4) is 0 Å². The molecular weight excluding hydrogens is 218 g/mol. The van der Waals surface area contributed by atoms with E-state index in [4.69, 9.17) is 13.9 Å². The SMILES string of the molecule is CC(C)(C)NCc1coc(COC2COC2)c1. The van der Waals surface area contributed by atoms with Crippen LogP contribution in [0.2, 0.25) is 0 Å². The minimum Gasteiger partial charge on any atom is -0.467 e. The maximum absolute atomic E-state index is 5.58. The molecule has 4 nitrogen and oxygen atoms in total. The third kappa shape index (κ3) is 4.15. The van der Waals surface area contributed by atoms with Crippen LogP contribution in [0.15, 0.2) is 16.7 Å². The van der Waals surface area contributed by atoms with Gasteiger partial charge in [0.15, 0.2) is 0 Å². The maximum Gasteiger partial charge on any atom is 0.129 e. The largest absolute Gasteiger partial charge is 0.467 e. The highest BCUT2D eigenvalue weighted by atomic mass is 16.6. The van der Waals surface area contributed by atoms with Gasteiger partial charge in [-0.3, -0.25) is 0 Å². The van der Waals surface area contributed by atoms with Gasteiger partial charge in [0.2, 0.25) is 0 Å². The molecule has 0 bridgehead atoms. The smallest absolute Gasteiger partial charge is 0.129 e. The second-order valence-corrected chi connectivity index (χ2v) is 5.50. The Bertz CT molecular complexity index is 350. The van der Waals surface area contributed by atoms with Crippen LogP contribution < -0.4 is 5.32 Å². The van der Waals surface area contributed by atoms with E-state index in [1.54, 1.807) is 6.26 Å². The second-order valence-electron chi connectivity index (χ2n) is 5.50. The summed E-state index contributed by atoms with van der Waals surface area (Å²) in [5.74, 6) is 0.877. The van der Waals surface area contributed by atoms with Gasteiger partial charge < -0.3 is 19.2 Å². The molecule has 1 aromatic rings. The number of hydrogen-bond acceptors (Lipinski definition) is 4. The summed E-state index contributed by atoms with van der Waals surface area (Å²) >= 11 is 0. The van der Waals surface area contributed by atoms with E-state index in [0.29, 0.717) is 19.8 Å². The molecule has 96 valence electrons. The van der Waals surface area contributed by atoms with Gasteiger partial charge >= 0.3 is 0 Å². The highest BCUT2D eigenvalue weighted by Gasteiger charge is 2.19. The van der Waals surface area contributed by atoms with Gasteiger partial charge in [0.25, 0.3) is 0 Å². The molecule has 0 saturated carbocycles. The Labute approximate surface area is 102 Å². The van der Waals surface area contributed by atoms with Gasteiger partial charge in [-0.2, -0.15) is 0 Å². The van der Waals surface area contributed by atoms with E-state index in [1.165, 1.54) is 0 Å². The molecule has 2 heterocycles. The average molecular weight is 239 g/mol. The van der Waals surface area contributed by atoms with Crippen molar-refractivity contribution in [3.05, 3.63) is 23.7 Å². The number of rotatable bonds is 5. The molecule has 0 atom stereocenters. The molecule has 1 aliphatic heterocycles. The van der Waals surface area contributed by atoms with Crippen LogP contribution in [-0.2, 0) is 22.6 Å². The molecule has 4 heteroatoms. The molecule has 0 spiro atoms. The Balaban J connectivity index is 1.74. The van der Waals surface area contributed by atoms with E-state index in [1.807, 2.05) is 6.07 Å². The fourth-order valence-electron chi connectivity index (χ4n) is 1.47. The normalized spacial score (nSPS) is 17.1. The predicted molar refractivity (Wildman–Crippen MR) is 64.7 cm³/mol. The molecule has 0 aliphatic carbocycles. The summed E-state index contributed by atoms with van der Waals surface area (Å²) in [4.78, 5) is 0. The Hall–Kier alpha value is -0.840. The zero-order chi connectivity index (χ0) is 12.3. The summed E-state index contributed by atoms with van der Waals surface area (Å²) < 4.78 is 16.1. The van der Waals surface area contributed by atoms with E-state index < -0.39 is 0 Å². The molecule has 2 rings (SSSR count). The van der Waals surface area contributed by atoms with E-state index in [0.717, 1.165) is 17.9 Å². The first-order valence-corrected chi connectivity index (χ1v) is 6.03. The van der Waals surface area contributed by atoms with Gasteiger partial charge in [-0.1, -0.05) is 0 Å². The highest BCUT2D eigenvalue weighted by molar-refractivity contribution is 5.12. The van der Waals surface area contributed by atoms with Crippen LogP contribution in [0.3, 0.4) is 0 Å². The van der Waals surface area contributed by atoms with Crippen molar-refractivity contribution in [3.63, 3.8) is 0 Å². The molecule has 0 unspecified atom stereocenters. The molecule has 1 fully saturated rings. The lowest BCUT2D eigenvalue weighted by molar-refractivity contribution is -0.137. The predicted octanol–water partition coefficient (Wildman–Crippen LogP) is 2.08. The third-order valence-electron chi connectivity index (χ3n) is 2.60. The quantitative estimate of drug-likeness (QED) is 0.854. The number of nitrogens with one attached hydrogen (secondary N) is 1.